The summed E-state index contributed by atoms with van der Waals surface area (Å²) in [6.45, 7) is 2.10. The average Bonchev–Trinajstić information content (AvgIpc) is 2.54. The summed E-state index contributed by atoms with van der Waals surface area (Å²) in [4.78, 5) is 15.0. The monoisotopic (exact) mass is 288 g/mol. The van der Waals surface area contributed by atoms with Crippen LogP contribution in [-0.2, 0) is 16.0 Å². The lowest BCUT2D eigenvalue weighted by Crippen LogP contribution is -2.47. The molecule has 1 fully saturated rings. The highest BCUT2D eigenvalue weighted by Crippen LogP contribution is 2.31. The molecule has 2 N–H and O–H groups in total. The van der Waals surface area contributed by atoms with Crippen molar-refractivity contribution in [1.82, 2.24) is 4.90 Å². The predicted octanol–water partition coefficient (Wildman–Crippen LogP) is 2.03. The van der Waals surface area contributed by atoms with Crippen molar-refractivity contribution < 1.29 is 9.53 Å². The fourth-order valence-corrected chi connectivity index (χ4v) is 3.53. The third kappa shape index (κ3) is 2.97. The minimum atomic E-state index is -0.423. The third-order valence-corrected chi connectivity index (χ3v) is 4.63. The summed E-state index contributed by atoms with van der Waals surface area (Å²) >= 11 is 0. The molecule has 2 aliphatic rings. The molecule has 1 saturated heterocycles. The van der Waals surface area contributed by atoms with Crippen LogP contribution in [-0.4, -0.2) is 36.5 Å². The van der Waals surface area contributed by atoms with Gasteiger partial charge in [-0.1, -0.05) is 24.3 Å². The van der Waals surface area contributed by atoms with E-state index in [1.807, 2.05) is 23.1 Å². The molecule has 21 heavy (non-hydrogen) atoms. The lowest BCUT2D eigenvalue weighted by molar-refractivity contribution is -0.149. The van der Waals surface area contributed by atoms with E-state index in [9.17, 15) is 4.79 Å². The van der Waals surface area contributed by atoms with Gasteiger partial charge in [0.2, 0.25) is 0 Å². The minimum absolute atomic E-state index is 0.125. The number of piperidine rings is 1. The Morgan fingerprint density at radius 1 is 1.33 bits per heavy atom. The molecule has 0 bridgehead atoms. The van der Waals surface area contributed by atoms with Crippen molar-refractivity contribution in [2.45, 2.75) is 44.2 Å². The molecular weight excluding hydrogens is 264 g/mol. The highest BCUT2D eigenvalue weighted by Gasteiger charge is 2.34. The molecule has 114 valence electrons. The van der Waals surface area contributed by atoms with Gasteiger partial charge in [0.1, 0.15) is 0 Å². The van der Waals surface area contributed by atoms with Gasteiger partial charge in [-0.05, 0) is 49.8 Å². The second-order valence-electron chi connectivity index (χ2n) is 5.96. The second-order valence-corrected chi connectivity index (χ2v) is 5.96. The molecule has 0 saturated carbocycles. The van der Waals surface area contributed by atoms with Crippen molar-refractivity contribution in [1.29, 1.82) is 0 Å². The lowest BCUT2D eigenvalue weighted by atomic mass is 9.94. The topological polar surface area (TPSA) is 55.6 Å². The van der Waals surface area contributed by atoms with Crippen molar-refractivity contribution in [2.75, 3.05) is 19.7 Å². The van der Waals surface area contributed by atoms with Crippen LogP contribution in [0.1, 0.15) is 42.9 Å². The molecule has 0 spiro atoms. The molecule has 0 radical (unpaired) electrons. The summed E-state index contributed by atoms with van der Waals surface area (Å²) in [6, 6.07) is 8.43. The van der Waals surface area contributed by atoms with Crippen molar-refractivity contribution in [2.24, 2.45) is 5.73 Å². The average molecular weight is 288 g/mol. The molecule has 2 unspecified atom stereocenters. The number of fused-ring (bicyclic) bond motifs is 1. The van der Waals surface area contributed by atoms with Gasteiger partial charge >= 0.3 is 0 Å². The molecule has 4 nitrogen and oxygen atoms in total. The van der Waals surface area contributed by atoms with E-state index in [0.29, 0.717) is 13.2 Å². The summed E-state index contributed by atoms with van der Waals surface area (Å²) in [7, 11) is 0. The normalized spacial score (nSPS) is 25.5. The lowest BCUT2D eigenvalue weighted by Gasteiger charge is -2.39. The van der Waals surface area contributed by atoms with Crippen molar-refractivity contribution in [3.63, 3.8) is 0 Å². The van der Waals surface area contributed by atoms with Crippen LogP contribution in [0.25, 0.3) is 0 Å². The number of hydrogen-bond acceptors (Lipinski definition) is 3. The Labute approximate surface area is 126 Å². The van der Waals surface area contributed by atoms with Crippen LogP contribution in [0.3, 0.4) is 0 Å². The van der Waals surface area contributed by atoms with Gasteiger partial charge in [-0.15, -0.1) is 0 Å². The zero-order valence-electron chi connectivity index (χ0n) is 12.5. The number of nitrogens with zero attached hydrogens (tertiary/aromatic N) is 1. The smallest absolute Gasteiger partial charge is 0.256 e. The molecule has 4 heteroatoms. The number of carbonyl (C=O) groups excluding carboxylic acids is 1. The van der Waals surface area contributed by atoms with E-state index in [0.717, 1.165) is 37.8 Å². The minimum Gasteiger partial charge on any atom is -0.363 e. The fourth-order valence-electron chi connectivity index (χ4n) is 3.53. The van der Waals surface area contributed by atoms with Crippen LogP contribution in [0.15, 0.2) is 24.3 Å². The molecule has 3 rings (SSSR count). The third-order valence-electron chi connectivity index (χ3n) is 4.63. The van der Waals surface area contributed by atoms with Crippen molar-refractivity contribution in [3.8, 4) is 0 Å². The summed E-state index contributed by atoms with van der Waals surface area (Å²) in [6.07, 6.45) is 4.70. The molecule has 1 aromatic carbocycles. The van der Waals surface area contributed by atoms with Crippen LogP contribution < -0.4 is 5.73 Å². The van der Waals surface area contributed by atoms with Gasteiger partial charge < -0.3 is 15.4 Å². The van der Waals surface area contributed by atoms with Crippen LogP contribution in [0.2, 0.25) is 0 Å². The zero-order chi connectivity index (χ0) is 14.7. The zero-order valence-corrected chi connectivity index (χ0v) is 12.5. The second kappa shape index (κ2) is 6.58. The summed E-state index contributed by atoms with van der Waals surface area (Å²) < 4.78 is 5.82. The molecule has 2 aliphatic heterocycles. The van der Waals surface area contributed by atoms with Gasteiger partial charge in [-0.3, -0.25) is 4.79 Å². The molecule has 1 aromatic rings. The van der Waals surface area contributed by atoms with E-state index in [4.69, 9.17) is 10.5 Å². The number of rotatable bonds is 3. The van der Waals surface area contributed by atoms with E-state index in [1.165, 1.54) is 12.0 Å². The summed E-state index contributed by atoms with van der Waals surface area (Å²) in [5.41, 5.74) is 8.00. The quantitative estimate of drug-likeness (QED) is 0.926. The number of ether oxygens (including phenoxy) is 1. The molecule has 2 heterocycles. The Morgan fingerprint density at radius 2 is 2.19 bits per heavy atom. The Bertz CT molecular complexity index is 501. The standard InChI is InChI=1S/C17H24N2O2/c18-10-8-14-6-3-4-11-19(14)17(20)16-15-7-2-1-5-13(15)9-12-21-16/h1-2,5,7,14,16H,3-4,6,8-12,18H2. The number of carbonyl (C=O) groups is 1. The van der Waals surface area contributed by atoms with E-state index < -0.39 is 6.10 Å². The first-order valence-corrected chi connectivity index (χ1v) is 8.01. The van der Waals surface area contributed by atoms with Crippen molar-refractivity contribution in [3.05, 3.63) is 35.4 Å². The van der Waals surface area contributed by atoms with Gasteiger partial charge in [0.25, 0.3) is 5.91 Å². The number of nitrogens with two attached hydrogens (primary N) is 1. The highest BCUT2D eigenvalue weighted by atomic mass is 16.5. The van der Waals surface area contributed by atoms with Gasteiger partial charge in [0.05, 0.1) is 6.61 Å². The Hall–Kier alpha value is -1.39. The van der Waals surface area contributed by atoms with Crippen LogP contribution in [0.4, 0.5) is 0 Å². The number of amides is 1. The van der Waals surface area contributed by atoms with Crippen molar-refractivity contribution >= 4 is 5.91 Å². The first-order valence-electron chi connectivity index (χ1n) is 8.01. The van der Waals surface area contributed by atoms with Gasteiger partial charge in [-0.25, -0.2) is 0 Å². The first-order chi connectivity index (χ1) is 10.3. The Morgan fingerprint density at radius 3 is 3.05 bits per heavy atom. The maximum atomic E-state index is 13.0. The SMILES string of the molecule is NCCC1CCCCN1C(=O)C1OCCc2ccccc21. The van der Waals surface area contributed by atoms with E-state index in [-0.39, 0.29) is 11.9 Å². The molecular formula is C17H24N2O2. The molecule has 0 aliphatic carbocycles. The molecule has 2 atom stereocenters. The Balaban J connectivity index is 1.81. The molecule has 0 aromatic heterocycles. The van der Waals surface area contributed by atoms with Crippen LogP contribution >= 0.6 is 0 Å². The summed E-state index contributed by atoms with van der Waals surface area (Å²) in [5, 5.41) is 0. The van der Waals surface area contributed by atoms with Gasteiger partial charge in [-0.2, -0.15) is 0 Å². The fraction of sp³-hybridized carbons (Fsp3) is 0.588. The first kappa shape index (κ1) is 14.5. The van der Waals surface area contributed by atoms with E-state index in [1.54, 1.807) is 0 Å². The van der Waals surface area contributed by atoms with Crippen LogP contribution in [0.5, 0.6) is 0 Å². The number of hydrogen-bond donors (Lipinski definition) is 1. The Kier molecular flexibility index (Phi) is 4.56. The maximum Gasteiger partial charge on any atom is 0.256 e. The van der Waals surface area contributed by atoms with Gasteiger partial charge in [0, 0.05) is 12.6 Å². The van der Waals surface area contributed by atoms with Gasteiger partial charge in [0.15, 0.2) is 6.10 Å². The highest BCUT2D eigenvalue weighted by molar-refractivity contribution is 5.83. The molecule has 1 amide bonds. The number of benzene rings is 1. The van der Waals surface area contributed by atoms with E-state index in [2.05, 4.69) is 6.07 Å². The van der Waals surface area contributed by atoms with E-state index >= 15 is 0 Å². The largest absolute Gasteiger partial charge is 0.363 e. The maximum absolute atomic E-state index is 13.0. The van der Waals surface area contributed by atoms with Crippen LogP contribution in [0, 0.1) is 0 Å². The number of likely N-dealkylation sites (tertiary alicyclic amines) is 1. The predicted molar refractivity (Wildman–Crippen MR) is 81.9 cm³/mol. The summed E-state index contributed by atoms with van der Waals surface area (Å²) in [5.74, 6) is 0.125.